The fourth-order valence-corrected chi connectivity index (χ4v) is 0.631. The fraction of sp³-hybridized carbons (Fsp3) is 0.143. The molecular formula is C7H8O2S. The van der Waals surface area contributed by atoms with Crippen LogP contribution >= 0.6 is 12.6 Å². The molecule has 0 heterocycles. The number of carbonyl (C=O) groups excluding carboxylic acids is 2. The van der Waals surface area contributed by atoms with Crippen LogP contribution in [0.15, 0.2) is 23.6 Å². The van der Waals surface area contributed by atoms with Crippen LogP contribution in [0.4, 0.5) is 0 Å². The summed E-state index contributed by atoms with van der Waals surface area (Å²) in [6.45, 7) is 4.56. The standard InChI is InChI=1S/C7H8O2S/c1-3-4-6(10)7(9)5(2)8/h3-4,10H,1H2,2H3/b6-4-. The van der Waals surface area contributed by atoms with Crippen LogP contribution in [0.3, 0.4) is 0 Å². The van der Waals surface area contributed by atoms with Gasteiger partial charge in [0.25, 0.3) is 0 Å². The molecule has 0 aromatic rings. The van der Waals surface area contributed by atoms with Gasteiger partial charge in [-0.2, -0.15) is 0 Å². The van der Waals surface area contributed by atoms with E-state index in [4.69, 9.17) is 0 Å². The predicted molar refractivity (Wildman–Crippen MR) is 43.0 cm³/mol. The Bertz CT molecular complexity index is 204. The van der Waals surface area contributed by atoms with Gasteiger partial charge < -0.3 is 0 Å². The van der Waals surface area contributed by atoms with E-state index in [1.807, 2.05) is 0 Å². The summed E-state index contributed by atoms with van der Waals surface area (Å²) in [6.07, 6.45) is 2.79. The Kier molecular flexibility index (Phi) is 3.72. The Labute approximate surface area is 65.0 Å². The lowest BCUT2D eigenvalue weighted by atomic mass is 10.2. The summed E-state index contributed by atoms with van der Waals surface area (Å²) in [5, 5.41) is 0. The largest absolute Gasteiger partial charge is 0.291 e. The average molecular weight is 156 g/mol. The van der Waals surface area contributed by atoms with Crippen LogP contribution in [-0.4, -0.2) is 11.6 Å². The van der Waals surface area contributed by atoms with Crippen LogP contribution in [0.25, 0.3) is 0 Å². The van der Waals surface area contributed by atoms with Gasteiger partial charge in [0.1, 0.15) is 0 Å². The minimum atomic E-state index is -0.580. The van der Waals surface area contributed by atoms with Gasteiger partial charge in [0.2, 0.25) is 11.6 Å². The lowest BCUT2D eigenvalue weighted by Gasteiger charge is -1.90. The van der Waals surface area contributed by atoms with Gasteiger partial charge in [0, 0.05) is 6.92 Å². The van der Waals surface area contributed by atoms with E-state index in [-0.39, 0.29) is 4.91 Å². The van der Waals surface area contributed by atoms with Crippen LogP contribution < -0.4 is 0 Å². The molecule has 2 nitrogen and oxygen atoms in total. The lowest BCUT2D eigenvalue weighted by molar-refractivity contribution is -0.132. The first kappa shape index (κ1) is 9.17. The number of ketones is 2. The van der Waals surface area contributed by atoms with Crippen molar-refractivity contribution in [1.82, 2.24) is 0 Å². The quantitative estimate of drug-likeness (QED) is 0.288. The number of hydrogen-bond donors (Lipinski definition) is 1. The predicted octanol–water partition coefficient (Wildman–Crippen LogP) is 1.14. The zero-order chi connectivity index (χ0) is 8.15. The van der Waals surface area contributed by atoms with Gasteiger partial charge in [0.05, 0.1) is 4.91 Å². The van der Waals surface area contributed by atoms with Gasteiger partial charge in [-0.1, -0.05) is 12.7 Å². The monoisotopic (exact) mass is 156 g/mol. The van der Waals surface area contributed by atoms with Crippen LogP contribution in [0.2, 0.25) is 0 Å². The molecule has 0 aromatic carbocycles. The molecule has 0 aromatic heterocycles. The molecule has 0 rings (SSSR count). The van der Waals surface area contributed by atoms with Crippen molar-refractivity contribution in [1.29, 1.82) is 0 Å². The summed E-state index contributed by atoms with van der Waals surface area (Å²) in [7, 11) is 0. The first-order chi connectivity index (χ1) is 4.59. The maximum atomic E-state index is 10.7. The molecule has 0 unspecified atom stereocenters. The Morgan fingerprint density at radius 1 is 1.50 bits per heavy atom. The highest BCUT2D eigenvalue weighted by atomic mass is 32.1. The molecule has 10 heavy (non-hydrogen) atoms. The van der Waals surface area contributed by atoms with E-state index in [1.165, 1.54) is 19.1 Å². The van der Waals surface area contributed by atoms with Crippen LogP contribution in [0, 0.1) is 0 Å². The highest BCUT2D eigenvalue weighted by Gasteiger charge is 2.08. The van der Waals surface area contributed by atoms with Crippen molar-refractivity contribution in [2.24, 2.45) is 0 Å². The van der Waals surface area contributed by atoms with E-state index in [2.05, 4.69) is 19.2 Å². The lowest BCUT2D eigenvalue weighted by Crippen LogP contribution is -2.08. The minimum absolute atomic E-state index is 0.127. The molecule has 0 saturated heterocycles. The van der Waals surface area contributed by atoms with Crippen molar-refractivity contribution in [3.63, 3.8) is 0 Å². The van der Waals surface area contributed by atoms with Crippen molar-refractivity contribution >= 4 is 24.2 Å². The number of hydrogen-bond acceptors (Lipinski definition) is 3. The molecular weight excluding hydrogens is 148 g/mol. The first-order valence-electron chi connectivity index (χ1n) is 2.66. The van der Waals surface area contributed by atoms with Gasteiger partial charge >= 0.3 is 0 Å². The second kappa shape index (κ2) is 4.06. The second-order valence-electron chi connectivity index (χ2n) is 1.67. The van der Waals surface area contributed by atoms with E-state index < -0.39 is 11.6 Å². The first-order valence-corrected chi connectivity index (χ1v) is 3.11. The summed E-state index contributed by atoms with van der Waals surface area (Å²) in [5.74, 6) is -1.09. The number of Topliss-reactive ketones (excluding diaryl/α,β-unsaturated/α-hetero) is 2. The number of thiol groups is 1. The van der Waals surface area contributed by atoms with Gasteiger partial charge in [-0.05, 0) is 6.08 Å². The summed E-state index contributed by atoms with van der Waals surface area (Å²) < 4.78 is 0. The van der Waals surface area contributed by atoms with Crippen LogP contribution in [-0.2, 0) is 9.59 Å². The number of rotatable bonds is 3. The third-order valence-corrected chi connectivity index (χ3v) is 1.18. The summed E-state index contributed by atoms with van der Waals surface area (Å²) >= 11 is 3.76. The van der Waals surface area contributed by atoms with E-state index in [0.717, 1.165) is 0 Å². The maximum Gasteiger partial charge on any atom is 0.234 e. The Balaban J connectivity index is 4.36. The normalized spacial score (nSPS) is 10.8. The van der Waals surface area contributed by atoms with E-state index in [1.54, 1.807) is 0 Å². The zero-order valence-electron chi connectivity index (χ0n) is 5.63. The number of carbonyl (C=O) groups is 2. The van der Waals surface area contributed by atoms with Crippen molar-refractivity contribution in [3.05, 3.63) is 23.6 Å². The topological polar surface area (TPSA) is 34.1 Å². The maximum absolute atomic E-state index is 10.7. The minimum Gasteiger partial charge on any atom is -0.291 e. The van der Waals surface area contributed by atoms with E-state index in [9.17, 15) is 9.59 Å². The Morgan fingerprint density at radius 3 is 2.30 bits per heavy atom. The molecule has 54 valence electrons. The Hall–Kier alpha value is -0.830. The van der Waals surface area contributed by atoms with E-state index >= 15 is 0 Å². The highest BCUT2D eigenvalue weighted by Crippen LogP contribution is 2.02. The molecule has 0 atom stereocenters. The molecule has 0 radical (unpaired) electrons. The van der Waals surface area contributed by atoms with Crippen molar-refractivity contribution in [2.75, 3.05) is 0 Å². The average Bonchev–Trinajstić information content (AvgIpc) is 1.87. The Morgan fingerprint density at radius 2 is 2.00 bits per heavy atom. The molecule has 0 bridgehead atoms. The fourth-order valence-electron chi connectivity index (χ4n) is 0.368. The third-order valence-electron chi connectivity index (χ3n) is 0.828. The molecule has 0 aliphatic carbocycles. The van der Waals surface area contributed by atoms with Crippen molar-refractivity contribution < 1.29 is 9.59 Å². The van der Waals surface area contributed by atoms with Crippen molar-refractivity contribution in [3.8, 4) is 0 Å². The zero-order valence-corrected chi connectivity index (χ0v) is 6.52. The van der Waals surface area contributed by atoms with Gasteiger partial charge in [-0.25, -0.2) is 0 Å². The van der Waals surface area contributed by atoms with Gasteiger partial charge in [0.15, 0.2) is 0 Å². The molecule has 0 aliphatic rings. The van der Waals surface area contributed by atoms with Gasteiger partial charge in [-0.3, -0.25) is 9.59 Å². The van der Waals surface area contributed by atoms with E-state index in [0.29, 0.717) is 0 Å². The smallest absolute Gasteiger partial charge is 0.234 e. The molecule has 0 saturated carbocycles. The molecule has 0 fully saturated rings. The van der Waals surface area contributed by atoms with Crippen LogP contribution in [0.5, 0.6) is 0 Å². The second-order valence-corrected chi connectivity index (χ2v) is 2.15. The molecule has 0 amide bonds. The SMILES string of the molecule is C=C/C=C(\S)C(=O)C(C)=O. The summed E-state index contributed by atoms with van der Waals surface area (Å²) in [6, 6.07) is 0. The third kappa shape index (κ3) is 2.64. The summed E-state index contributed by atoms with van der Waals surface area (Å²) in [5.41, 5.74) is 0. The molecule has 0 spiro atoms. The number of allylic oxidation sites excluding steroid dienone is 3. The van der Waals surface area contributed by atoms with Crippen LogP contribution in [0.1, 0.15) is 6.92 Å². The molecule has 0 aliphatic heterocycles. The highest BCUT2D eigenvalue weighted by molar-refractivity contribution is 7.85. The molecule has 3 heteroatoms. The van der Waals surface area contributed by atoms with Gasteiger partial charge in [-0.15, -0.1) is 12.6 Å². The van der Waals surface area contributed by atoms with Crippen molar-refractivity contribution in [2.45, 2.75) is 6.92 Å². The molecule has 0 N–H and O–H groups in total. The summed E-state index contributed by atoms with van der Waals surface area (Å²) in [4.78, 5) is 21.2.